The number of hydrogen-bond donors (Lipinski definition) is 0. The van der Waals surface area contributed by atoms with Crippen molar-refractivity contribution in [3.05, 3.63) is 76.9 Å². The molecule has 0 saturated carbocycles. The standard InChI is InChI=1S/C25H21Cl2N3O/c1-29(2)25-20-7-5-6-19(16-12-17(26)14-18(27)13-16)24(20)28-15-22(25)30-10-11-31-23-9-4-3-8-21(23)30/h3-9,12-15H,10-11H2,1-2H3. The van der Waals surface area contributed by atoms with E-state index in [2.05, 4.69) is 48.2 Å². The van der Waals surface area contributed by atoms with Gasteiger partial charge in [-0.1, -0.05) is 53.5 Å². The number of anilines is 3. The number of halogens is 2. The summed E-state index contributed by atoms with van der Waals surface area (Å²) in [6.45, 7) is 1.39. The second-order valence-electron chi connectivity index (χ2n) is 7.71. The molecule has 0 amide bonds. The van der Waals surface area contributed by atoms with Gasteiger partial charge >= 0.3 is 0 Å². The van der Waals surface area contributed by atoms with E-state index in [1.807, 2.05) is 36.5 Å². The maximum atomic E-state index is 6.28. The summed E-state index contributed by atoms with van der Waals surface area (Å²) in [6.07, 6.45) is 1.95. The molecule has 4 aromatic rings. The third-order valence-electron chi connectivity index (χ3n) is 5.49. The van der Waals surface area contributed by atoms with E-state index in [4.69, 9.17) is 32.9 Å². The number of fused-ring (bicyclic) bond motifs is 2. The van der Waals surface area contributed by atoms with Crippen molar-refractivity contribution < 1.29 is 4.74 Å². The van der Waals surface area contributed by atoms with Crippen molar-refractivity contribution >= 4 is 51.2 Å². The maximum Gasteiger partial charge on any atom is 0.143 e. The zero-order chi connectivity index (χ0) is 21.5. The van der Waals surface area contributed by atoms with E-state index < -0.39 is 0 Å². The molecule has 4 nitrogen and oxygen atoms in total. The molecule has 3 aromatic carbocycles. The van der Waals surface area contributed by atoms with Gasteiger partial charge in [-0.25, -0.2) is 0 Å². The van der Waals surface area contributed by atoms with Crippen LogP contribution in [0, 0.1) is 0 Å². The zero-order valence-electron chi connectivity index (χ0n) is 17.3. The minimum Gasteiger partial charge on any atom is -0.490 e. The molecule has 0 saturated heterocycles. The molecule has 0 radical (unpaired) electrons. The molecule has 0 aliphatic carbocycles. The fourth-order valence-electron chi connectivity index (χ4n) is 4.23. The molecule has 1 aliphatic heterocycles. The van der Waals surface area contributed by atoms with Crippen molar-refractivity contribution in [1.82, 2.24) is 4.98 Å². The fourth-order valence-corrected chi connectivity index (χ4v) is 4.75. The first-order chi connectivity index (χ1) is 15.0. The summed E-state index contributed by atoms with van der Waals surface area (Å²) in [5.41, 5.74) is 6.07. The Morgan fingerprint density at radius 1 is 0.935 bits per heavy atom. The third kappa shape index (κ3) is 3.56. The Kier molecular flexibility index (Phi) is 5.12. The van der Waals surface area contributed by atoms with Gasteiger partial charge in [-0.2, -0.15) is 0 Å². The highest BCUT2D eigenvalue weighted by molar-refractivity contribution is 6.35. The molecule has 31 heavy (non-hydrogen) atoms. The minimum absolute atomic E-state index is 0.605. The van der Waals surface area contributed by atoms with Crippen LogP contribution in [0.25, 0.3) is 22.0 Å². The molecule has 156 valence electrons. The van der Waals surface area contributed by atoms with Crippen molar-refractivity contribution in [2.45, 2.75) is 0 Å². The number of aromatic nitrogens is 1. The fraction of sp³-hybridized carbons (Fsp3) is 0.160. The second kappa shape index (κ2) is 7.95. The highest BCUT2D eigenvalue weighted by atomic mass is 35.5. The van der Waals surface area contributed by atoms with Crippen LogP contribution in [0.2, 0.25) is 10.0 Å². The van der Waals surface area contributed by atoms with Crippen molar-refractivity contribution in [2.24, 2.45) is 0 Å². The topological polar surface area (TPSA) is 28.6 Å². The van der Waals surface area contributed by atoms with Crippen molar-refractivity contribution in [1.29, 1.82) is 0 Å². The van der Waals surface area contributed by atoms with Gasteiger partial charge in [-0.05, 0) is 35.9 Å². The number of hydrogen-bond acceptors (Lipinski definition) is 4. The van der Waals surface area contributed by atoms with Crippen LogP contribution in [0.4, 0.5) is 17.1 Å². The summed E-state index contributed by atoms with van der Waals surface area (Å²) in [4.78, 5) is 9.34. The van der Waals surface area contributed by atoms with E-state index in [0.29, 0.717) is 16.7 Å². The molecule has 2 heterocycles. The Balaban J connectivity index is 1.74. The van der Waals surface area contributed by atoms with Crippen LogP contribution in [-0.2, 0) is 0 Å². The van der Waals surface area contributed by atoms with E-state index in [1.54, 1.807) is 6.07 Å². The van der Waals surface area contributed by atoms with E-state index in [1.165, 1.54) is 0 Å². The Morgan fingerprint density at radius 3 is 2.48 bits per heavy atom. The van der Waals surface area contributed by atoms with Crippen LogP contribution in [-0.4, -0.2) is 32.2 Å². The van der Waals surface area contributed by atoms with Crippen LogP contribution in [0.1, 0.15) is 0 Å². The molecular formula is C25H21Cl2N3O. The van der Waals surface area contributed by atoms with Crippen LogP contribution in [0.15, 0.2) is 66.9 Å². The highest BCUT2D eigenvalue weighted by Gasteiger charge is 2.24. The molecule has 0 atom stereocenters. The predicted octanol–water partition coefficient (Wildman–Crippen LogP) is 6.81. The van der Waals surface area contributed by atoms with Crippen LogP contribution >= 0.6 is 23.2 Å². The number of benzene rings is 3. The van der Waals surface area contributed by atoms with Gasteiger partial charge in [0.1, 0.15) is 12.4 Å². The lowest BCUT2D eigenvalue weighted by Crippen LogP contribution is -2.30. The normalized spacial score (nSPS) is 13.1. The van der Waals surface area contributed by atoms with Crippen molar-refractivity contribution in [3.8, 4) is 16.9 Å². The third-order valence-corrected chi connectivity index (χ3v) is 5.93. The van der Waals surface area contributed by atoms with Crippen molar-refractivity contribution in [2.75, 3.05) is 37.0 Å². The van der Waals surface area contributed by atoms with Crippen LogP contribution < -0.4 is 14.5 Å². The Morgan fingerprint density at radius 2 is 1.71 bits per heavy atom. The first-order valence-electron chi connectivity index (χ1n) is 10.1. The monoisotopic (exact) mass is 449 g/mol. The molecule has 1 aromatic heterocycles. The number of para-hydroxylation sites is 3. The number of ether oxygens (including phenoxy) is 1. The Bertz CT molecular complexity index is 1270. The Labute approximate surface area is 191 Å². The van der Waals surface area contributed by atoms with Gasteiger partial charge in [-0.3, -0.25) is 4.98 Å². The quantitative estimate of drug-likeness (QED) is 0.343. The van der Waals surface area contributed by atoms with Gasteiger partial charge in [0.2, 0.25) is 0 Å². The minimum atomic E-state index is 0.605. The molecule has 0 spiro atoms. The Hall–Kier alpha value is -2.95. The van der Waals surface area contributed by atoms with Gasteiger partial charge < -0.3 is 14.5 Å². The first kappa shape index (κ1) is 20.0. The van der Waals surface area contributed by atoms with Gasteiger partial charge in [0.15, 0.2) is 0 Å². The summed E-state index contributed by atoms with van der Waals surface area (Å²) in [7, 11) is 4.13. The largest absolute Gasteiger partial charge is 0.490 e. The molecule has 0 bridgehead atoms. The van der Waals surface area contributed by atoms with Crippen LogP contribution in [0.5, 0.6) is 5.75 Å². The SMILES string of the molecule is CN(C)c1c(N2CCOc3ccccc32)cnc2c(-c3cc(Cl)cc(Cl)c3)cccc12. The molecule has 0 fully saturated rings. The summed E-state index contributed by atoms with van der Waals surface area (Å²) in [5.74, 6) is 0.890. The predicted molar refractivity (Wildman–Crippen MR) is 130 cm³/mol. The van der Waals surface area contributed by atoms with Gasteiger partial charge in [0.05, 0.1) is 35.3 Å². The van der Waals surface area contributed by atoms with E-state index >= 15 is 0 Å². The average molecular weight is 450 g/mol. The maximum absolute atomic E-state index is 6.28. The number of rotatable bonds is 3. The highest BCUT2D eigenvalue weighted by Crippen LogP contribution is 2.44. The van der Waals surface area contributed by atoms with Crippen molar-refractivity contribution in [3.63, 3.8) is 0 Å². The summed E-state index contributed by atoms with van der Waals surface area (Å²) >= 11 is 12.6. The van der Waals surface area contributed by atoms with Gasteiger partial charge in [0.25, 0.3) is 0 Å². The first-order valence-corrected chi connectivity index (χ1v) is 10.8. The summed E-state index contributed by atoms with van der Waals surface area (Å²) < 4.78 is 5.86. The molecule has 1 aliphatic rings. The lowest BCUT2D eigenvalue weighted by molar-refractivity contribution is 0.314. The summed E-state index contributed by atoms with van der Waals surface area (Å²) in [6, 6.07) is 19.9. The van der Waals surface area contributed by atoms with E-state index in [-0.39, 0.29) is 0 Å². The summed E-state index contributed by atoms with van der Waals surface area (Å²) in [5, 5.41) is 2.28. The molecule has 0 N–H and O–H groups in total. The zero-order valence-corrected chi connectivity index (χ0v) is 18.8. The number of pyridine rings is 1. The smallest absolute Gasteiger partial charge is 0.143 e. The molecule has 5 rings (SSSR count). The lowest BCUT2D eigenvalue weighted by Gasteiger charge is -2.34. The molecule has 0 unspecified atom stereocenters. The van der Waals surface area contributed by atoms with Crippen LogP contribution in [0.3, 0.4) is 0 Å². The van der Waals surface area contributed by atoms with E-state index in [0.717, 1.165) is 51.4 Å². The lowest BCUT2D eigenvalue weighted by atomic mass is 10.00. The molecular weight excluding hydrogens is 429 g/mol. The second-order valence-corrected chi connectivity index (χ2v) is 8.59. The van der Waals surface area contributed by atoms with Gasteiger partial charge in [-0.15, -0.1) is 0 Å². The molecule has 6 heteroatoms. The van der Waals surface area contributed by atoms with Gasteiger partial charge in [0, 0.05) is 35.1 Å². The average Bonchev–Trinajstić information content (AvgIpc) is 2.76. The van der Waals surface area contributed by atoms with E-state index in [9.17, 15) is 0 Å². The number of nitrogens with zero attached hydrogens (tertiary/aromatic N) is 3.